The number of thioether (sulfide) groups is 2. The summed E-state index contributed by atoms with van der Waals surface area (Å²) in [6, 6.07) is 0. The van der Waals surface area contributed by atoms with Crippen molar-refractivity contribution in [2.75, 3.05) is 12.5 Å². The van der Waals surface area contributed by atoms with Gasteiger partial charge in [-0.3, -0.25) is 0 Å². The van der Waals surface area contributed by atoms with Gasteiger partial charge in [0, 0.05) is 5.25 Å². The summed E-state index contributed by atoms with van der Waals surface area (Å²) in [5.74, 6) is 0. The summed E-state index contributed by atoms with van der Waals surface area (Å²) in [5.41, 5.74) is 0. The molecule has 0 fully saturated rings. The zero-order valence-electron chi connectivity index (χ0n) is 5.96. The Morgan fingerprint density at radius 3 is 2.00 bits per heavy atom. The molecule has 0 N–H and O–H groups in total. The van der Waals surface area contributed by atoms with Crippen molar-refractivity contribution in [3.8, 4) is 0 Å². The van der Waals surface area contributed by atoms with Crippen molar-refractivity contribution >= 4 is 29.8 Å². The van der Waals surface area contributed by atoms with E-state index in [1.807, 2.05) is 12.5 Å². The van der Waals surface area contributed by atoms with Gasteiger partial charge in [-0.2, -0.15) is 23.5 Å². The van der Waals surface area contributed by atoms with Crippen molar-refractivity contribution in [1.82, 2.24) is 0 Å². The van der Waals surface area contributed by atoms with Crippen LogP contribution in [0.5, 0.6) is 0 Å². The molecule has 0 amide bonds. The van der Waals surface area contributed by atoms with E-state index in [0.717, 1.165) is 6.29 Å². The Bertz CT molecular complexity index is 85.1. The van der Waals surface area contributed by atoms with E-state index >= 15 is 0 Å². The van der Waals surface area contributed by atoms with E-state index in [9.17, 15) is 4.79 Å². The molecule has 0 saturated carbocycles. The van der Waals surface area contributed by atoms with Crippen LogP contribution in [0, 0.1) is 0 Å². The molecule has 0 aromatic rings. The average Bonchev–Trinajstić information content (AvgIpc) is 1.90. The summed E-state index contributed by atoms with van der Waals surface area (Å²) in [7, 11) is 0. The standard InChI is InChI=1S/C6H12OS2/c1-5(8-2)6(4-7)9-3/h4-6H,1-3H3. The zero-order chi connectivity index (χ0) is 7.28. The molecule has 0 aromatic carbocycles. The van der Waals surface area contributed by atoms with Crippen LogP contribution in [0.25, 0.3) is 0 Å². The molecule has 2 unspecified atom stereocenters. The third-order valence-corrected chi connectivity index (χ3v) is 3.51. The van der Waals surface area contributed by atoms with Crippen molar-refractivity contribution in [1.29, 1.82) is 0 Å². The first-order valence-corrected chi connectivity index (χ1v) is 5.34. The number of carbonyl (C=O) groups excluding carboxylic acids is 1. The van der Waals surface area contributed by atoms with Crippen molar-refractivity contribution in [3.63, 3.8) is 0 Å². The van der Waals surface area contributed by atoms with E-state index in [1.54, 1.807) is 23.5 Å². The molecule has 0 bridgehead atoms. The molecule has 0 radical (unpaired) electrons. The summed E-state index contributed by atoms with van der Waals surface area (Å²) >= 11 is 3.34. The summed E-state index contributed by atoms with van der Waals surface area (Å²) < 4.78 is 0. The van der Waals surface area contributed by atoms with Crippen LogP contribution in [0.2, 0.25) is 0 Å². The van der Waals surface area contributed by atoms with Crippen molar-refractivity contribution < 1.29 is 4.79 Å². The van der Waals surface area contributed by atoms with Gasteiger partial charge in [0.2, 0.25) is 0 Å². The molecule has 54 valence electrons. The van der Waals surface area contributed by atoms with Gasteiger partial charge >= 0.3 is 0 Å². The fourth-order valence-electron chi connectivity index (χ4n) is 0.492. The average molecular weight is 164 g/mol. The van der Waals surface area contributed by atoms with Crippen LogP contribution in [-0.2, 0) is 4.79 Å². The molecule has 0 heterocycles. The third kappa shape index (κ3) is 3.16. The number of carbonyl (C=O) groups is 1. The van der Waals surface area contributed by atoms with E-state index < -0.39 is 0 Å². The van der Waals surface area contributed by atoms with Crippen LogP contribution in [-0.4, -0.2) is 29.3 Å². The topological polar surface area (TPSA) is 17.1 Å². The van der Waals surface area contributed by atoms with Gasteiger partial charge < -0.3 is 4.79 Å². The normalized spacial score (nSPS) is 16.8. The SMILES string of the molecule is CSC(C)C(C=O)SC. The Morgan fingerprint density at radius 1 is 1.33 bits per heavy atom. The lowest BCUT2D eigenvalue weighted by molar-refractivity contribution is -0.107. The Balaban J connectivity index is 3.63. The fourth-order valence-corrected chi connectivity index (χ4v) is 1.99. The summed E-state index contributed by atoms with van der Waals surface area (Å²) in [5, 5.41) is 0.609. The Morgan fingerprint density at radius 2 is 1.89 bits per heavy atom. The molecule has 0 aliphatic heterocycles. The van der Waals surface area contributed by atoms with Gasteiger partial charge in [0.05, 0.1) is 5.25 Å². The highest BCUT2D eigenvalue weighted by Crippen LogP contribution is 2.18. The molecular weight excluding hydrogens is 152 g/mol. The second-order valence-corrected chi connectivity index (χ2v) is 4.01. The minimum Gasteiger partial charge on any atom is -0.302 e. The van der Waals surface area contributed by atoms with Gasteiger partial charge in [-0.15, -0.1) is 0 Å². The van der Waals surface area contributed by atoms with Gasteiger partial charge in [0.15, 0.2) is 0 Å². The second-order valence-electron chi connectivity index (χ2n) is 1.78. The molecule has 2 atom stereocenters. The van der Waals surface area contributed by atoms with E-state index in [4.69, 9.17) is 0 Å². The van der Waals surface area contributed by atoms with Crippen LogP contribution in [0.3, 0.4) is 0 Å². The van der Waals surface area contributed by atoms with Crippen LogP contribution >= 0.6 is 23.5 Å². The maximum Gasteiger partial charge on any atom is 0.134 e. The van der Waals surface area contributed by atoms with E-state index in [1.165, 1.54) is 0 Å². The zero-order valence-corrected chi connectivity index (χ0v) is 7.59. The van der Waals surface area contributed by atoms with E-state index in [2.05, 4.69) is 6.92 Å². The molecular formula is C6H12OS2. The predicted molar refractivity (Wildman–Crippen MR) is 46.3 cm³/mol. The van der Waals surface area contributed by atoms with Gasteiger partial charge in [0.1, 0.15) is 6.29 Å². The lowest BCUT2D eigenvalue weighted by Gasteiger charge is -2.12. The highest BCUT2D eigenvalue weighted by Gasteiger charge is 2.12. The van der Waals surface area contributed by atoms with Crippen LogP contribution in [0.15, 0.2) is 0 Å². The predicted octanol–water partition coefficient (Wildman–Crippen LogP) is 1.67. The third-order valence-electron chi connectivity index (χ3n) is 1.24. The van der Waals surface area contributed by atoms with Crippen molar-refractivity contribution in [2.45, 2.75) is 17.4 Å². The lowest BCUT2D eigenvalue weighted by Crippen LogP contribution is -2.16. The van der Waals surface area contributed by atoms with Gasteiger partial charge in [-0.25, -0.2) is 0 Å². The Kier molecular flexibility index (Phi) is 5.39. The molecule has 0 aliphatic rings. The molecule has 3 heteroatoms. The Labute approximate surface area is 65.0 Å². The molecule has 1 nitrogen and oxygen atoms in total. The molecule has 0 saturated heterocycles. The van der Waals surface area contributed by atoms with Crippen molar-refractivity contribution in [2.24, 2.45) is 0 Å². The minimum atomic E-state index is 0.167. The quantitative estimate of drug-likeness (QED) is 0.588. The lowest BCUT2D eigenvalue weighted by atomic mass is 10.3. The van der Waals surface area contributed by atoms with Gasteiger partial charge in [0.25, 0.3) is 0 Å². The maximum absolute atomic E-state index is 10.3. The van der Waals surface area contributed by atoms with Crippen LogP contribution in [0.1, 0.15) is 6.92 Å². The van der Waals surface area contributed by atoms with Gasteiger partial charge in [-0.1, -0.05) is 6.92 Å². The maximum atomic E-state index is 10.3. The van der Waals surface area contributed by atoms with Crippen molar-refractivity contribution in [3.05, 3.63) is 0 Å². The largest absolute Gasteiger partial charge is 0.302 e. The summed E-state index contributed by atoms with van der Waals surface area (Å²) in [6.07, 6.45) is 5.01. The molecule has 0 rings (SSSR count). The summed E-state index contributed by atoms with van der Waals surface area (Å²) in [4.78, 5) is 10.3. The first-order valence-electron chi connectivity index (χ1n) is 2.77. The second kappa shape index (κ2) is 5.18. The molecule has 0 aromatic heterocycles. The first kappa shape index (κ1) is 9.37. The molecule has 0 aliphatic carbocycles. The monoisotopic (exact) mass is 164 g/mol. The number of hydrogen-bond acceptors (Lipinski definition) is 3. The highest BCUT2D eigenvalue weighted by molar-refractivity contribution is 8.03. The van der Waals surface area contributed by atoms with Gasteiger partial charge in [-0.05, 0) is 12.5 Å². The molecule has 9 heavy (non-hydrogen) atoms. The first-order chi connectivity index (χ1) is 4.26. The van der Waals surface area contributed by atoms with E-state index in [-0.39, 0.29) is 5.25 Å². The molecule has 0 spiro atoms. The van der Waals surface area contributed by atoms with Crippen LogP contribution < -0.4 is 0 Å². The Hall–Kier alpha value is 0.370. The number of aldehydes is 1. The highest BCUT2D eigenvalue weighted by atomic mass is 32.2. The number of hydrogen-bond donors (Lipinski definition) is 0. The summed E-state index contributed by atoms with van der Waals surface area (Å²) in [6.45, 7) is 2.07. The minimum absolute atomic E-state index is 0.167. The van der Waals surface area contributed by atoms with Crippen LogP contribution in [0.4, 0.5) is 0 Å². The fraction of sp³-hybridized carbons (Fsp3) is 0.833. The smallest absolute Gasteiger partial charge is 0.134 e. The number of rotatable bonds is 4. The van der Waals surface area contributed by atoms with E-state index in [0.29, 0.717) is 5.25 Å².